The Hall–Kier alpha value is -4.46. The second-order valence-electron chi connectivity index (χ2n) is 11.7. The van der Waals surface area contributed by atoms with Crippen LogP contribution in [0.3, 0.4) is 0 Å². The molecule has 14 heteroatoms. The number of methoxy groups -OCH3 is 2. The van der Waals surface area contributed by atoms with Gasteiger partial charge in [0.05, 0.1) is 42.8 Å². The van der Waals surface area contributed by atoms with Crippen molar-refractivity contribution in [1.29, 1.82) is 0 Å². The van der Waals surface area contributed by atoms with Crippen molar-refractivity contribution in [3.05, 3.63) is 75.4 Å². The third-order valence-corrected chi connectivity index (χ3v) is 9.15. The van der Waals surface area contributed by atoms with Crippen molar-refractivity contribution in [3.63, 3.8) is 0 Å². The van der Waals surface area contributed by atoms with Crippen molar-refractivity contribution < 1.29 is 28.5 Å². The Kier molecular flexibility index (Phi) is 9.48. The van der Waals surface area contributed by atoms with Gasteiger partial charge in [0, 0.05) is 57.0 Å². The number of aromatic nitrogens is 3. The molecule has 2 aliphatic rings. The van der Waals surface area contributed by atoms with Crippen LogP contribution in [0.5, 0.6) is 11.8 Å². The Morgan fingerprint density at radius 1 is 1.19 bits per heavy atom. The zero-order chi connectivity index (χ0) is 33.2. The molecular formula is C33H36ClFN6O6. The lowest BCUT2D eigenvalue weighted by Crippen LogP contribution is -2.59. The lowest BCUT2D eigenvalue weighted by Gasteiger charge is -2.44. The lowest BCUT2D eigenvalue weighted by atomic mass is 10.1. The number of ether oxygens (including phenoxy) is 3. The summed E-state index contributed by atoms with van der Waals surface area (Å²) in [5.41, 5.74) is -0.0539. The van der Waals surface area contributed by atoms with Gasteiger partial charge < -0.3 is 33.7 Å². The van der Waals surface area contributed by atoms with E-state index in [0.717, 1.165) is 44.4 Å². The first-order chi connectivity index (χ1) is 22.7. The highest BCUT2D eigenvalue weighted by molar-refractivity contribution is 6.31. The minimum absolute atomic E-state index is 0.0423. The van der Waals surface area contributed by atoms with Gasteiger partial charge in [0.15, 0.2) is 0 Å². The number of anilines is 2. The number of benzene rings is 1. The molecule has 0 spiro atoms. The molecule has 2 saturated heterocycles. The van der Waals surface area contributed by atoms with E-state index in [2.05, 4.69) is 26.8 Å². The van der Waals surface area contributed by atoms with Gasteiger partial charge in [-0.1, -0.05) is 11.6 Å². The van der Waals surface area contributed by atoms with Crippen molar-refractivity contribution in [1.82, 2.24) is 19.4 Å². The van der Waals surface area contributed by atoms with Gasteiger partial charge in [0.2, 0.25) is 17.2 Å². The molecule has 0 unspecified atom stereocenters. The van der Waals surface area contributed by atoms with Crippen LogP contribution in [0.2, 0.25) is 5.02 Å². The fraction of sp³-hybridized carbons (Fsp3) is 0.394. The SMILES string of the molecule is COCCN(C)C1CN(c2ccc(-n3cc(C(=O)O)c(=O)c4cc(F)c(N5CCC[C@@H]5COc5nc(OC)ccc5Cl)cc43)cn2)C1. The standard InChI is InChI=1S/C33H36ClFN6O6/c1-38(11-12-45-2)22-16-39(17-22)29-8-6-20(15-36-29)41-18-24(33(43)44)31(42)23-13-26(35)28(14-27(23)41)40-10-4-5-21(40)19-47-32-25(34)7-9-30(37-32)46-3/h6-9,13-15,18,21-22H,4-5,10-12,16-17,19H2,1-3H3,(H,43,44)/t21-/m1/s1. The smallest absolute Gasteiger partial charge is 0.341 e. The highest BCUT2D eigenvalue weighted by atomic mass is 35.5. The van der Waals surface area contributed by atoms with E-state index < -0.39 is 22.8 Å². The molecule has 1 N–H and O–H groups in total. The highest BCUT2D eigenvalue weighted by Crippen LogP contribution is 2.33. The Balaban J connectivity index is 1.30. The maximum Gasteiger partial charge on any atom is 0.341 e. The Morgan fingerprint density at radius 2 is 2.00 bits per heavy atom. The summed E-state index contributed by atoms with van der Waals surface area (Å²) in [5, 5.41) is 10.1. The number of likely N-dealkylation sites (N-methyl/N-ethyl adjacent to an activating group) is 1. The van der Waals surface area contributed by atoms with Crippen molar-refractivity contribution in [2.24, 2.45) is 0 Å². The van der Waals surface area contributed by atoms with Gasteiger partial charge in [-0.05, 0) is 50.2 Å². The number of hydrogen-bond acceptors (Lipinski definition) is 10. The summed E-state index contributed by atoms with van der Waals surface area (Å²) in [6.45, 7) is 3.89. The molecule has 12 nitrogen and oxygen atoms in total. The molecule has 4 aromatic rings. The van der Waals surface area contributed by atoms with Crippen LogP contribution in [0.4, 0.5) is 15.9 Å². The van der Waals surface area contributed by atoms with E-state index in [1.807, 2.05) is 17.0 Å². The summed E-state index contributed by atoms with van der Waals surface area (Å²) in [4.78, 5) is 40.5. The monoisotopic (exact) mass is 666 g/mol. The largest absolute Gasteiger partial charge is 0.481 e. The zero-order valence-electron chi connectivity index (χ0n) is 26.4. The maximum absolute atomic E-state index is 15.8. The summed E-state index contributed by atoms with van der Waals surface area (Å²) in [6.07, 6.45) is 4.43. The molecule has 3 aromatic heterocycles. The van der Waals surface area contributed by atoms with E-state index in [-0.39, 0.29) is 29.6 Å². The number of aromatic carboxylic acids is 1. The first-order valence-electron chi connectivity index (χ1n) is 15.3. The summed E-state index contributed by atoms with van der Waals surface area (Å²) in [6, 6.07) is 9.84. The number of carbonyl (C=O) groups is 1. The number of hydrogen-bond donors (Lipinski definition) is 1. The van der Waals surface area contributed by atoms with Crippen molar-refractivity contribution in [2.45, 2.75) is 24.9 Å². The number of pyridine rings is 3. The number of halogens is 2. The van der Waals surface area contributed by atoms with Crippen molar-refractivity contribution >= 4 is 40.0 Å². The number of fused-ring (bicyclic) bond motifs is 1. The van der Waals surface area contributed by atoms with Crippen molar-refractivity contribution in [2.75, 3.05) is 70.5 Å². The molecule has 2 fully saturated rings. The lowest BCUT2D eigenvalue weighted by molar-refractivity contribution is 0.0695. The molecule has 0 bridgehead atoms. The van der Waals surface area contributed by atoms with Gasteiger partial charge in [-0.3, -0.25) is 9.69 Å². The van der Waals surface area contributed by atoms with Crippen molar-refractivity contribution in [3.8, 4) is 17.4 Å². The van der Waals surface area contributed by atoms with Crippen LogP contribution in [-0.4, -0.2) is 103 Å². The first-order valence-corrected chi connectivity index (χ1v) is 15.7. The van der Waals surface area contributed by atoms with Gasteiger partial charge in [-0.15, -0.1) is 0 Å². The van der Waals surface area contributed by atoms with Gasteiger partial charge in [0.25, 0.3) is 0 Å². The number of carboxylic acid groups (broad SMARTS) is 1. The second kappa shape index (κ2) is 13.7. The predicted molar refractivity (Wildman–Crippen MR) is 176 cm³/mol. The zero-order valence-corrected chi connectivity index (χ0v) is 27.1. The van der Waals surface area contributed by atoms with E-state index in [1.54, 1.807) is 36.1 Å². The molecule has 5 heterocycles. The predicted octanol–water partition coefficient (Wildman–Crippen LogP) is 4.09. The quantitative estimate of drug-likeness (QED) is 0.235. The third kappa shape index (κ3) is 6.55. The van der Waals surface area contributed by atoms with Gasteiger partial charge in [-0.2, -0.15) is 4.98 Å². The van der Waals surface area contributed by atoms with Crippen LogP contribution < -0.4 is 24.7 Å². The summed E-state index contributed by atoms with van der Waals surface area (Å²) < 4.78 is 33.7. The molecule has 0 radical (unpaired) electrons. The number of nitrogens with zero attached hydrogens (tertiary/aromatic N) is 6. The average Bonchev–Trinajstić information content (AvgIpc) is 3.51. The topological polar surface area (TPSA) is 122 Å². The maximum atomic E-state index is 15.8. The Bertz CT molecular complexity index is 1830. The normalized spacial score (nSPS) is 16.6. The minimum atomic E-state index is -1.40. The van der Waals surface area contributed by atoms with E-state index >= 15 is 4.39 Å². The third-order valence-electron chi connectivity index (χ3n) is 8.87. The molecule has 1 aromatic carbocycles. The molecule has 248 valence electrons. The van der Waals surface area contributed by atoms with Crippen LogP contribution in [0, 0.1) is 5.82 Å². The molecule has 0 amide bonds. The van der Waals surface area contributed by atoms with Gasteiger partial charge in [-0.25, -0.2) is 14.2 Å². The van der Waals surface area contributed by atoms with Crippen LogP contribution in [-0.2, 0) is 4.74 Å². The first kappa shape index (κ1) is 32.5. The minimum Gasteiger partial charge on any atom is -0.481 e. The van der Waals surface area contributed by atoms with E-state index in [0.29, 0.717) is 41.3 Å². The second-order valence-corrected chi connectivity index (χ2v) is 12.1. The van der Waals surface area contributed by atoms with E-state index in [4.69, 9.17) is 25.8 Å². The molecule has 1 atom stereocenters. The number of carboxylic acids is 1. The Morgan fingerprint density at radius 3 is 2.70 bits per heavy atom. The molecule has 0 saturated carbocycles. The molecule has 47 heavy (non-hydrogen) atoms. The van der Waals surface area contributed by atoms with Gasteiger partial charge in [0.1, 0.15) is 28.8 Å². The molecule has 6 rings (SSSR count). The summed E-state index contributed by atoms with van der Waals surface area (Å²) >= 11 is 6.28. The Labute approximate surface area is 275 Å². The number of rotatable bonds is 12. The highest BCUT2D eigenvalue weighted by Gasteiger charge is 2.31. The van der Waals surface area contributed by atoms with Crippen LogP contribution >= 0.6 is 11.6 Å². The van der Waals surface area contributed by atoms with Crippen LogP contribution in [0.1, 0.15) is 23.2 Å². The summed E-state index contributed by atoms with van der Waals surface area (Å²) in [5.74, 6) is -0.676. The fourth-order valence-electron chi connectivity index (χ4n) is 6.09. The average molecular weight is 667 g/mol. The van der Waals surface area contributed by atoms with Gasteiger partial charge >= 0.3 is 5.97 Å². The molecule has 0 aliphatic carbocycles. The van der Waals surface area contributed by atoms with Crippen LogP contribution in [0.25, 0.3) is 16.6 Å². The molecule has 2 aliphatic heterocycles. The fourth-order valence-corrected chi connectivity index (χ4v) is 6.25. The molecular weight excluding hydrogens is 631 g/mol. The summed E-state index contributed by atoms with van der Waals surface area (Å²) in [7, 11) is 5.25. The van der Waals surface area contributed by atoms with E-state index in [1.165, 1.54) is 13.3 Å². The van der Waals surface area contributed by atoms with Crippen LogP contribution in [0.15, 0.2) is 53.6 Å². The van der Waals surface area contributed by atoms with E-state index in [9.17, 15) is 14.7 Å².